The Bertz CT molecular complexity index is 2450. The van der Waals surface area contributed by atoms with Crippen LogP contribution in [0.25, 0.3) is 38.6 Å². The van der Waals surface area contributed by atoms with Gasteiger partial charge in [-0.05, 0) is 82.9 Å². The minimum absolute atomic E-state index is 0.592. The first kappa shape index (κ1) is 26.9. The van der Waals surface area contributed by atoms with Gasteiger partial charge in [0.2, 0.25) is 0 Å². The van der Waals surface area contributed by atoms with E-state index in [1.165, 1.54) is 11.1 Å². The van der Waals surface area contributed by atoms with Gasteiger partial charge in [0.05, 0.1) is 40.0 Å². The first-order chi connectivity index (χ1) is 23.3. The highest BCUT2D eigenvalue weighted by molar-refractivity contribution is 6.11. The third kappa shape index (κ3) is 4.04. The molecule has 1 aliphatic rings. The largest absolute Gasteiger partial charge is 0.457 e. The summed E-state index contributed by atoms with van der Waals surface area (Å²) in [6, 6.07) is 55.3. The summed E-state index contributed by atoms with van der Waals surface area (Å²) in [6.45, 7) is 0. The summed E-state index contributed by atoms with van der Waals surface area (Å²) in [6.07, 6.45) is 3.66. The van der Waals surface area contributed by atoms with Crippen LogP contribution >= 0.6 is 0 Å². The van der Waals surface area contributed by atoms with Gasteiger partial charge in [0.15, 0.2) is 0 Å². The molecule has 0 fully saturated rings. The summed E-state index contributed by atoms with van der Waals surface area (Å²) >= 11 is 0. The summed E-state index contributed by atoms with van der Waals surface area (Å²) in [5.74, 6) is 1.70. The molecule has 4 heteroatoms. The number of nitrogens with zero attached hydrogens (tertiary/aromatic N) is 3. The van der Waals surface area contributed by atoms with Crippen LogP contribution in [0.4, 0.5) is 0 Å². The van der Waals surface area contributed by atoms with Gasteiger partial charge in [0.25, 0.3) is 0 Å². The Kier molecular flexibility index (Phi) is 6.06. The maximum Gasteiger partial charge on any atom is 0.132 e. The van der Waals surface area contributed by atoms with Gasteiger partial charge in [-0.25, -0.2) is 0 Å². The summed E-state index contributed by atoms with van der Waals surface area (Å²) in [4.78, 5) is 4.39. The molecular formula is C43H27N3O. The highest BCUT2D eigenvalue weighted by Crippen LogP contribution is 2.55. The molecule has 0 saturated heterocycles. The summed E-state index contributed by atoms with van der Waals surface area (Å²) in [5.41, 5.74) is 9.85. The van der Waals surface area contributed by atoms with Crippen molar-refractivity contribution >= 4 is 21.8 Å². The van der Waals surface area contributed by atoms with Crippen LogP contribution in [-0.2, 0) is 5.41 Å². The van der Waals surface area contributed by atoms with Crippen LogP contribution in [0, 0.1) is 11.3 Å². The third-order valence-electron chi connectivity index (χ3n) is 9.44. The molecule has 0 aliphatic carbocycles. The van der Waals surface area contributed by atoms with E-state index in [0.717, 1.165) is 61.2 Å². The van der Waals surface area contributed by atoms with Gasteiger partial charge < -0.3 is 9.30 Å². The number of benzene rings is 6. The average Bonchev–Trinajstić information content (AvgIpc) is 3.47. The minimum atomic E-state index is -0.592. The second kappa shape index (κ2) is 10.6. The third-order valence-corrected chi connectivity index (χ3v) is 9.44. The zero-order valence-electron chi connectivity index (χ0n) is 25.3. The molecule has 4 nitrogen and oxygen atoms in total. The molecule has 1 aliphatic heterocycles. The fraction of sp³-hybridized carbons (Fsp3) is 0.0233. The molecule has 0 N–H and O–H groups in total. The minimum Gasteiger partial charge on any atom is -0.457 e. The number of nitriles is 1. The van der Waals surface area contributed by atoms with Crippen molar-refractivity contribution in [2.45, 2.75) is 5.41 Å². The molecule has 0 atom stereocenters. The highest BCUT2D eigenvalue weighted by atomic mass is 16.5. The predicted molar refractivity (Wildman–Crippen MR) is 187 cm³/mol. The zero-order valence-corrected chi connectivity index (χ0v) is 25.3. The van der Waals surface area contributed by atoms with E-state index in [2.05, 4.69) is 137 Å². The van der Waals surface area contributed by atoms with E-state index >= 15 is 0 Å². The van der Waals surface area contributed by atoms with Gasteiger partial charge >= 0.3 is 0 Å². The average molecular weight is 602 g/mol. The van der Waals surface area contributed by atoms with Gasteiger partial charge in [-0.3, -0.25) is 4.98 Å². The molecule has 0 amide bonds. The SMILES string of the molecule is N#Cc1ccc2c(c1)c1cc(-c3ccc4c(c3)C(c3ccccc3)(c3ccccc3)c3ccccc3O4)ccc1n2-c1cccnc1. The van der Waals surface area contributed by atoms with Crippen molar-refractivity contribution in [1.82, 2.24) is 9.55 Å². The van der Waals surface area contributed by atoms with Gasteiger partial charge in [0.1, 0.15) is 11.5 Å². The lowest BCUT2D eigenvalue weighted by Crippen LogP contribution is -2.34. The Balaban J connectivity index is 1.31. The van der Waals surface area contributed by atoms with E-state index in [4.69, 9.17) is 4.74 Å². The predicted octanol–water partition coefficient (Wildman–Crippen LogP) is 10.2. The second-order valence-electron chi connectivity index (χ2n) is 11.9. The molecule has 0 spiro atoms. The van der Waals surface area contributed by atoms with E-state index in [1.54, 1.807) is 6.20 Å². The van der Waals surface area contributed by atoms with Crippen LogP contribution in [0.2, 0.25) is 0 Å². The van der Waals surface area contributed by atoms with E-state index in [9.17, 15) is 5.26 Å². The van der Waals surface area contributed by atoms with Crippen LogP contribution < -0.4 is 4.74 Å². The smallest absolute Gasteiger partial charge is 0.132 e. The van der Waals surface area contributed by atoms with Gasteiger partial charge in [-0.15, -0.1) is 0 Å². The molecule has 47 heavy (non-hydrogen) atoms. The van der Waals surface area contributed by atoms with Crippen molar-refractivity contribution in [2.75, 3.05) is 0 Å². The van der Waals surface area contributed by atoms with Crippen LogP contribution in [0.3, 0.4) is 0 Å². The molecule has 0 unspecified atom stereocenters. The Morgan fingerprint density at radius 1 is 0.574 bits per heavy atom. The topological polar surface area (TPSA) is 50.8 Å². The monoisotopic (exact) mass is 601 g/mol. The lowest BCUT2D eigenvalue weighted by Gasteiger charge is -2.41. The Labute approximate surface area is 272 Å². The molecule has 220 valence electrons. The fourth-order valence-corrected chi connectivity index (χ4v) is 7.42. The van der Waals surface area contributed by atoms with E-state index in [-0.39, 0.29) is 0 Å². The lowest BCUT2D eigenvalue weighted by atomic mass is 9.63. The summed E-state index contributed by atoms with van der Waals surface area (Å²) < 4.78 is 8.85. The Hall–Kier alpha value is -6.44. The van der Waals surface area contributed by atoms with Crippen molar-refractivity contribution < 1.29 is 4.74 Å². The number of para-hydroxylation sites is 1. The summed E-state index contributed by atoms with van der Waals surface area (Å²) in [7, 11) is 0. The number of hydrogen-bond acceptors (Lipinski definition) is 3. The van der Waals surface area contributed by atoms with Crippen LogP contribution in [-0.4, -0.2) is 9.55 Å². The Morgan fingerprint density at radius 3 is 1.94 bits per heavy atom. The number of rotatable bonds is 4. The molecule has 2 aromatic heterocycles. The molecule has 3 heterocycles. The normalized spacial score (nSPS) is 13.0. The number of hydrogen-bond donors (Lipinski definition) is 0. The van der Waals surface area contributed by atoms with E-state index < -0.39 is 5.41 Å². The quantitative estimate of drug-likeness (QED) is 0.202. The van der Waals surface area contributed by atoms with Crippen LogP contribution in [0.1, 0.15) is 27.8 Å². The Morgan fingerprint density at radius 2 is 1.21 bits per heavy atom. The van der Waals surface area contributed by atoms with Crippen molar-refractivity contribution in [1.29, 1.82) is 5.26 Å². The molecule has 0 radical (unpaired) electrons. The second-order valence-corrected chi connectivity index (χ2v) is 11.9. The number of fused-ring (bicyclic) bond motifs is 5. The first-order valence-electron chi connectivity index (χ1n) is 15.7. The van der Waals surface area contributed by atoms with Gasteiger partial charge in [0, 0.05) is 28.1 Å². The highest BCUT2D eigenvalue weighted by Gasteiger charge is 2.45. The van der Waals surface area contributed by atoms with Crippen molar-refractivity contribution in [3.8, 4) is 34.4 Å². The maximum atomic E-state index is 9.77. The number of ether oxygens (including phenoxy) is 1. The zero-order chi connectivity index (χ0) is 31.4. The van der Waals surface area contributed by atoms with Crippen LogP contribution in [0.5, 0.6) is 11.5 Å². The van der Waals surface area contributed by atoms with Crippen molar-refractivity contribution in [3.63, 3.8) is 0 Å². The molecule has 9 rings (SSSR count). The maximum absolute atomic E-state index is 9.77. The van der Waals surface area contributed by atoms with Gasteiger partial charge in [-0.1, -0.05) is 91.0 Å². The number of aromatic nitrogens is 2. The molecule has 0 bridgehead atoms. The van der Waals surface area contributed by atoms with Crippen LogP contribution in [0.15, 0.2) is 164 Å². The molecule has 6 aromatic carbocycles. The summed E-state index contributed by atoms with van der Waals surface area (Å²) in [5, 5.41) is 11.9. The molecule has 0 saturated carbocycles. The van der Waals surface area contributed by atoms with E-state index in [1.807, 2.05) is 36.5 Å². The standard InChI is InChI=1S/C43H27N3O/c44-27-29-17-20-39-35(24-29)36-25-30(18-21-40(36)46(39)34-14-9-23-45-28-34)31-19-22-42-38(26-31)43(32-10-3-1-4-11-32,33-12-5-2-6-13-33)37-15-7-8-16-41(37)47-42/h1-26,28H. The lowest BCUT2D eigenvalue weighted by molar-refractivity contribution is 0.434. The molecule has 8 aromatic rings. The molecular weight excluding hydrogens is 574 g/mol. The first-order valence-corrected chi connectivity index (χ1v) is 15.7. The van der Waals surface area contributed by atoms with Crippen molar-refractivity contribution in [3.05, 3.63) is 192 Å². The van der Waals surface area contributed by atoms with E-state index in [0.29, 0.717) is 5.56 Å². The van der Waals surface area contributed by atoms with Crippen molar-refractivity contribution in [2.24, 2.45) is 0 Å². The van der Waals surface area contributed by atoms with Gasteiger partial charge in [-0.2, -0.15) is 5.26 Å². The number of pyridine rings is 1. The fourth-order valence-electron chi connectivity index (χ4n) is 7.42.